The van der Waals surface area contributed by atoms with Crippen LogP contribution >= 0.6 is 0 Å². The molecule has 4 heterocycles. The first kappa shape index (κ1) is 70.7. The van der Waals surface area contributed by atoms with Crippen molar-refractivity contribution in [3.63, 3.8) is 0 Å². The number of unbranched alkanes of at least 4 members (excludes halogenated alkanes) is 20. The highest BCUT2D eigenvalue weighted by molar-refractivity contribution is 6.05. The van der Waals surface area contributed by atoms with Crippen molar-refractivity contribution in [1.82, 2.24) is 18.3 Å². The van der Waals surface area contributed by atoms with E-state index < -0.39 is 0 Å². The maximum Gasteiger partial charge on any atom is 0.197 e. The van der Waals surface area contributed by atoms with Crippen LogP contribution in [0.3, 0.4) is 0 Å². The molecule has 0 spiro atoms. The summed E-state index contributed by atoms with van der Waals surface area (Å²) in [6.45, 7) is 10.5. The number of hydrogen-bond donors (Lipinski definition) is 0. The van der Waals surface area contributed by atoms with Crippen LogP contribution in [0.15, 0.2) is 153 Å². The summed E-state index contributed by atoms with van der Waals surface area (Å²) < 4.78 is 21.9. The van der Waals surface area contributed by atoms with E-state index in [1.54, 1.807) is 0 Å². The van der Waals surface area contributed by atoms with Gasteiger partial charge in [-0.1, -0.05) is 179 Å². The highest BCUT2D eigenvalue weighted by Gasteiger charge is 2.44. The standard InChI is InChI=1S/C91H106N4O6/c1-9-11-13-15-23-33-47-91(48-34-24-16-14-12-10-2)75-59-85(100-49-35-25-19-17-21-27-37-63-44-46-79-70(53-63)90(99)74-58-82-71(55-83(74)94(79)7)87(96)65-39-29-32-42-78(65)93(82)6)61(3)51-68(75)69-52-62(4)86(60-76(69)91)101-50-36-26-20-18-22-28-38-64-43-45-67-80(54-64)95(8)84-57-72-81(56-73(84)89(67)98)92(5)77-41-31-30-40-66(77)88(72)97/h29-32,39-46,51-60H,9-28,33-38,47-50H2,1-8H3. The number of aromatic nitrogens is 4. The van der Waals surface area contributed by atoms with Gasteiger partial charge in [0.2, 0.25) is 0 Å². The molecule has 13 rings (SSSR count). The van der Waals surface area contributed by atoms with Gasteiger partial charge in [-0.3, -0.25) is 19.2 Å². The molecule has 0 radical (unpaired) electrons. The summed E-state index contributed by atoms with van der Waals surface area (Å²) in [7, 11) is 7.95. The van der Waals surface area contributed by atoms with Gasteiger partial charge in [0.05, 0.1) is 57.3 Å². The second kappa shape index (κ2) is 31.6. The minimum atomic E-state index is -0.0909. The molecule has 0 saturated carbocycles. The molecule has 10 heteroatoms. The van der Waals surface area contributed by atoms with Crippen molar-refractivity contribution >= 4 is 87.2 Å². The molecular formula is C91H106N4O6. The van der Waals surface area contributed by atoms with Gasteiger partial charge in [-0.05, 0) is 207 Å². The molecule has 4 aromatic heterocycles. The number of fused-ring (bicyclic) bond motifs is 11. The average Bonchev–Trinajstić information content (AvgIpc) is 0.887. The number of para-hydroxylation sites is 2. The number of ether oxygens (including phenoxy) is 2. The Morgan fingerprint density at radius 2 is 0.634 bits per heavy atom. The van der Waals surface area contributed by atoms with Crippen LogP contribution in [0.25, 0.3) is 98.4 Å². The summed E-state index contributed by atoms with van der Waals surface area (Å²) in [5, 5.41) is 5.32. The lowest BCUT2D eigenvalue weighted by Crippen LogP contribution is -2.26. The monoisotopic (exact) mass is 1350 g/mol. The van der Waals surface area contributed by atoms with Crippen molar-refractivity contribution in [2.75, 3.05) is 13.2 Å². The van der Waals surface area contributed by atoms with Gasteiger partial charge < -0.3 is 27.7 Å². The molecule has 10 nitrogen and oxygen atoms in total. The summed E-state index contributed by atoms with van der Waals surface area (Å²) in [5.74, 6) is 2.08. The molecule has 8 aromatic carbocycles. The van der Waals surface area contributed by atoms with Crippen molar-refractivity contribution in [1.29, 1.82) is 0 Å². The predicted octanol–water partition coefficient (Wildman–Crippen LogP) is 22.0. The molecule has 1 aliphatic rings. The molecule has 1 aliphatic carbocycles. The number of pyridine rings is 4. The second-order valence-electron chi connectivity index (χ2n) is 29.9. The maximum absolute atomic E-state index is 14.2. The quantitative estimate of drug-likeness (QED) is 0.0294. The third kappa shape index (κ3) is 14.3. The Hall–Kier alpha value is -8.76. The minimum Gasteiger partial charge on any atom is -0.493 e. The zero-order valence-corrected chi connectivity index (χ0v) is 61.7. The van der Waals surface area contributed by atoms with E-state index in [0.29, 0.717) is 50.9 Å². The van der Waals surface area contributed by atoms with Gasteiger partial charge in [0.15, 0.2) is 21.7 Å². The number of aryl methyl sites for hydroxylation is 8. The van der Waals surface area contributed by atoms with Crippen LogP contribution in [0.5, 0.6) is 11.5 Å². The van der Waals surface area contributed by atoms with Crippen molar-refractivity contribution in [2.24, 2.45) is 28.2 Å². The van der Waals surface area contributed by atoms with Crippen LogP contribution in [0.4, 0.5) is 0 Å². The first-order chi connectivity index (χ1) is 49.2. The largest absolute Gasteiger partial charge is 0.493 e. The van der Waals surface area contributed by atoms with E-state index >= 15 is 0 Å². The normalized spacial score (nSPS) is 12.8. The number of nitrogens with zero attached hydrogens (tertiary/aromatic N) is 4. The molecule has 0 saturated heterocycles. The van der Waals surface area contributed by atoms with Gasteiger partial charge in [-0.2, -0.15) is 0 Å². The lowest BCUT2D eigenvalue weighted by Gasteiger charge is -2.33. The Kier molecular flexibility index (Phi) is 22.1. The SMILES string of the molecule is CCCCCCCCC1(CCCCCCCC)c2cc(OCCCCCCCCc3ccc4c(c3)c(=O)c3cc5c(cc3n4C)c(=O)c3ccccc3n5C)c(C)cc2-c2cc(C)c(OCCCCCCCCc3ccc4c(=O)c5cc6c(cc5n(C)c4c3)c(=O)c3ccccc3n6C)cc21. The van der Waals surface area contributed by atoms with Crippen molar-refractivity contribution in [3.05, 3.63) is 208 Å². The van der Waals surface area contributed by atoms with E-state index in [1.165, 1.54) is 147 Å². The molecule has 0 fully saturated rings. The molecule has 526 valence electrons. The molecular weight excluding hydrogens is 1250 g/mol. The predicted molar refractivity (Wildman–Crippen MR) is 426 cm³/mol. The molecule has 0 aliphatic heterocycles. The third-order valence-electron chi connectivity index (χ3n) is 23.1. The number of hydrogen-bond acceptors (Lipinski definition) is 6. The topological polar surface area (TPSA) is 106 Å². The Bertz CT molecular complexity index is 5300. The van der Waals surface area contributed by atoms with E-state index in [-0.39, 0.29) is 27.1 Å². The smallest absolute Gasteiger partial charge is 0.197 e. The van der Waals surface area contributed by atoms with Gasteiger partial charge in [0.1, 0.15) is 11.5 Å². The van der Waals surface area contributed by atoms with Crippen molar-refractivity contribution in [2.45, 2.75) is 213 Å². The van der Waals surface area contributed by atoms with Gasteiger partial charge in [-0.15, -0.1) is 0 Å². The van der Waals surface area contributed by atoms with Crippen LogP contribution < -0.4 is 31.2 Å². The van der Waals surface area contributed by atoms with E-state index in [4.69, 9.17) is 9.47 Å². The summed E-state index contributed by atoms with van der Waals surface area (Å²) in [4.78, 5) is 55.7. The molecule has 12 aromatic rings. The fourth-order valence-corrected chi connectivity index (χ4v) is 17.2. The lowest BCUT2D eigenvalue weighted by atomic mass is 9.70. The lowest BCUT2D eigenvalue weighted by molar-refractivity contribution is 0.300. The first-order valence-electron chi connectivity index (χ1n) is 38.7. The fraction of sp³-hybridized carbons (Fsp3) is 0.429. The van der Waals surface area contributed by atoms with Crippen molar-refractivity contribution < 1.29 is 9.47 Å². The van der Waals surface area contributed by atoms with Gasteiger partial charge >= 0.3 is 0 Å². The number of rotatable bonds is 34. The van der Waals surface area contributed by atoms with Crippen LogP contribution in [0.1, 0.15) is 214 Å². The van der Waals surface area contributed by atoms with Gasteiger partial charge in [0.25, 0.3) is 0 Å². The molecule has 0 amide bonds. The van der Waals surface area contributed by atoms with Crippen LogP contribution in [-0.4, -0.2) is 31.5 Å². The van der Waals surface area contributed by atoms with Crippen LogP contribution in [0, 0.1) is 13.8 Å². The molecule has 0 N–H and O–H groups in total. The van der Waals surface area contributed by atoms with E-state index in [9.17, 15) is 19.2 Å². The Labute approximate surface area is 596 Å². The van der Waals surface area contributed by atoms with Crippen LogP contribution in [-0.2, 0) is 46.4 Å². The Morgan fingerprint density at radius 1 is 0.307 bits per heavy atom. The molecule has 0 bridgehead atoms. The summed E-state index contributed by atoms with van der Waals surface area (Å²) in [6.07, 6.45) is 33.0. The second-order valence-corrected chi connectivity index (χ2v) is 29.9. The summed E-state index contributed by atoms with van der Waals surface area (Å²) >= 11 is 0. The molecule has 0 atom stereocenters. The Morgan fingerprint density at radius 3 is 1.08 bits per heavy atom. The van der Waals surface area contributed by atoms with Crippen LogP contribution in [0.2, 0.25) is 0 Å². The highest BCUT2D eigenvalue weighted by atomic mass is 16.5. The average molecular weight is 1350 g/mol. The molecule has 0 unspecified atom stereocenters. The molecule has 101 heavy (non-hydrogen) atoms. The van der Waals surface area contributed by atoms with Gasteiger partial charge in [0, 0.05) is 76.7 Å². The number of benzene rings is 8. The minimum absolute atomic E-state index is 0.00486. The van der Waals surface area contributed by atoms with E-state index in [1.807, 2.05) is 116 Å². The third-order valence-corrected chi connectivity index (χ3v) is 23.1. The highest BCUT2D eigenvalue weighted by Crippen LogP contribution is 2.57. The Balaban J connectivity index is 0.616. The summed E-state index contributed by atoms with van der Waals surface area (Å²) in [6, 6.07) is 45.6. The van der Waals surface area contributed by atoms with E-state index in [2.05, 4.69) is 91.4 Å². The van der Waals surface area contributed by atoms with E-state index in [0.717, 1.165) is 138 Å². The van der Waals surface area contributed by atoms with Crippen molar-refractivity contribution in [3.8, 4) is 22.6 Å². The fourth-order valence-electron chi connectivity index (χ4n) is 17.2. The zero-order chi connectivity index (χ0) is 70.3. The summed E-state index contributed by atoms with van der Waals surface area (Å²) in [5.41, 5.74) is 17.1. The zero-order valence-electron chi connectivity index (χ0n) is 61.7. The maximum atomic E-state index is 14.2. The van der Waals surface area contributed by atoms with Gasteiger partial charge in [-0.25, -0.2) is 0 Å². The first-order valence-corrected chi connectivity index (χ1v) is 38.7.